The van der Waals surface area contributed by atoms with Crippen molar-refractivity contribution in [2.75, 3.05) is 153 Å². The second-order valence-corrected chi connectivity index (χ2v) is 29.7. The Kier molecular flexibility index (Phi) is 23.9. The van der Waals surface area contributed by atoms with Gasteiger partial charge in [0.15, 0.2) is 0 Å². The number of aromatic nitrogens is 11. The first-order valence-corrected chi connectivity index (χ1v) is 39.7. The second kappa shape index (κ2) is 35.8. The number of nitriles is 3. The Morgan fingerprint density at radius 2 is 0.793 bits per heavy atom. The van der Waals surface area contributed by atoms with Crippen molar-refractivity contribution in [3.8, 4) is 63.3 Å². The molecule has 0 aliphatic carbocycles. The summed E-state index contributed by atoms with van der Waals surface area (Å²) < 4.78 is 43.9. The molecule has 12 aromatic rings. The number of ether oxygens (including phenoxy) is 2. The zero-order valence-electron chi connectivity index (χ0n) is 65.5. The van der Waals surface area contributed by atoms with Crippen LogP contribution in [-0.4, -0.2) is 212 Å². The summed E-state index contributed by atoms with van der Waals surface area (Å²) in [6, 6.07) is 37.8. The number of likely N-dealkylation sites (N-methyl/N-ethyl adjacent to an activating group) is 1. The molecule has 588 valence electrons. The van der Waals surface area contributed by atoms with Gasteiger partial charge in [-0.1, -0.05) is 43.4 Å². The average Bonchev–Trinajstić information content (AvgIpc) is 1.57. The van der Waals surface area contributed by atoms with Crippen LogP contribution in [0.2, 0.25) is 0 Å². The molecule has 25 nitrogen and oxygen atoms in total. The zero-order chi connectivity index (χ0) is 79.4. The number of pyridine rings is 8. The molecule has 0 unspecified atom stereocenters. The Hall–Kier alpha value is -12.7. The van der Waals surface area contributed by atoms with E-state index >= 15 is 0 Å². The number of nitrogens with one attached hydrogen (secondary N) is 2. The molecule has 116 heavy (non-hydrogen) atoms. The quantitative estimate of drug-likeness (QED) is 0.0809. The van der Waals surface area contributed by atoms with Crippen molar-refractivity contribution >= 4 is 50.7 Å². The third kappa shape index (κ3) is 17.4. The Morgan fingerprint density at radius 1 is 0.405 bits per heavy atom. The number of halogens is 2. The Morgan fingerprint density at radius 3 is 1.10 bits per heavy atom. The lowest BCUT2D eigenvalue weighted by atomic mass is 9.96. The van der Waals surface area contributed by atoms with Crippen molar-refractivity contribution in [1.82, 2.24) is 84.0 Å². The van der Waals surface area contributed by atoms with E-state index in [0.29, 0.717) is 54.6 Å². The maximum absolute atomic E-state index is 14.1. The van der Waals surface area contributed by atoms with Gasteiger partial charge < -0.3 is 34.8 Å². The summed E-state index contributed by atoms with van der Waals surface area (Å²) in [6.45, 7) is 21.2. The molecule has 1 aromatic carbocycles. The van der Waals surface area contributed by atoms with Crippen LogP contribution in [0.3, 0.4) is 0 Å². The maximum Gasteiger partial charge on any atom is 0.212 e. The molecule has 0 radical (unpaired) electrons. The molecular formula is C89H91F2N23O2. The Balaban J connectivity index is 0.000000131. The van der Waals surface area contributed by atoms with Gasteiger partial charge in [0.2, 0.25) is 11.8 Å². The van der Waals surface area contributed by atoms with Gasteiger partial charge in [-0.05, 0) is 150 Å². The molecular weight excluding hydrogens is 1460 g/mol. The highest BCUT2D eigenvalue weighted by atomic mass is 19.1. The summed E-state index contributed by atoms with van der Waals surface area (Å²) in [5.74, 6) is 3.08. The molecule has 0 spiro atoms. The fourth-order valence-corrected chi connectivity index (χ4v) is 16.1. The number of nitrogens with zero attached hydrogens (tertiary/aromatic N) is 21. The number of hydrogen-bond donors (Lipinski definition) is 2. The molecule has 3 fully saturated rings. The minimum atomic E-state index is -0.503. The summed E-state index contributed by atoms with van der Waals surface area (Å²) in [4.78, 5) is 39.3. The highest BCUT2D eigenvalue weighted by Gasteiger charge is 2.27. The van der Waals surface area contributed by atoms with E-state index in [1.54, 1.807) is 37.3 Å². The Labute approximate surface area is 672 Å². The second-order valence-electron chi connectivity index (χ2n) is 29.7. The van der Waals surface area contributed by atoms with Gasteiger partial charge in [-0.2, -0.15) is 31.1 Å². The molecule has 11 aromatic heterocycles. The van der Waals surface area contributed by atoms with Crippen LogP contribution in [0.1, 0.15) is 76.3 Å². The molecule has 3 saturated heterocycles. The van der Waals surface area contributed by atoms with Gasteiger partial charge in [-0.3, -0.25) is 19.6 Å². The molecule has 0 bridgehead atoms. The number of benzene rings is 1. The van der Waals surface area contributed by atoms with Crippen molar-refractivity contribution in [3.63, 3.8) is 0 Å². The van der Waals surface area contributed by atoms with E-state index in [1.165, 1.54) is 46.0 Å². The molecule has 18 rings (SSSR count). The van der Waals surface area contributed by atoms with Crippen molar-refractivity contribution in [3.05, 3.63) is 245 Å². The van der Waals surface area contributed by atoms with E-state index in [1.807, 2.05) is 76.7 Å². The maximum atomic E-state index is 14.1. The molecule has 0 amide bonds. The minimum Gasteiger partial charge on any atom is -0.481 e. The monoisotopic (exact) mass is 1550 g/mol. The predicted molar refractivity (Wildman–Crippen MR) is 445 cm³/mol. The highest BCUT2D eigenvalue weighted by molar-refractivity contribution is 5.90. The van der Waals surface area contributed by atoms with Crippen molar-refractivity contribution in [2.45, 2.75) is 45.8 Å². The fraction of sp³-hybridized carbons (Fsp3) is 0.315. The van der Waals surface area contributed by atoms with Crippen LogP contribution in [0.5, 0.6) is 11.8 Å². The van der Waals surface area contributed by atoms with Crippen LogP contribution in [0.4, 0.5) is 26.2 Å². The molecule has 27 heteroatoms. The Bertz CT molecular complexity index is 5680. The number of methoxy groups -OCH3 is 2. The van der Waals surface area contributed by atoms with Gasteiger partial charge in [0.05, 0.1) is 66.1 Å². The van der Waals surface area contributed by atoms with Crippen LogP contribution < -0.4 is 34.8 Å². The third-order valence-corrected chi connectivity index (χ3v) is 22.7. The van der Waals surface area contributed by atoms with E-state index < -0.39 is 11.6 Å². The highest BCUT2D eigenvalue weighted by Crippen LogP contribution is 2.37. The first kappa shape index (κ1) is 77.3. The summed E-state index contributed by atoms with van der Waals surface area (Å²) in [5.41, 5.74) is 19.6. The van der Waals surface area contributed by atoms with Crippen molar-refractivity contribution < 1.29 is 18.3 Å². The van der Waals surface area contributed by atoms with Gasteiger partial charge in [-0.25, -0.2) is 47.2 Å². The summed E-state index contributed by atoms with van der Waals surface area (Å²) in [7, 11) is 3.27. The lowest BCUT2D eigenvalue weighted by Gasteiger charge is -2.35. The standard InChI is InChI=1S/C31H34N8O.C29H27F2N7.C29H30N8O/c1-3-36-10-8-24(9-11-36)26-16-28(31-27(17-32)20-35-39(31)22-26)25-5-6-29(33-19-25)38-14-12-37(13-15-38)21-23-4-7-30(40-2)34-18-23;30-26-2-1-3-27(31)25(26)19-36-10-12-37(13-11-36)28-5-4-21(16-34-28)24-14-22(20-6-8-33-9-7-20)18-38-29(24)23(15-32)17-35-38;1-38-28-5-2-21(16-33-28)19-35-10-12-36(13-11-35)27-4-3-23(17-32-27)26-14-24(22-6-8-31-9-7-22)20-37-29(26)25(15-30)18-34-37/h4-8,16,18-20,22H,3,9-15,21H2,1-2H3;1-6,14,16-18,33H,7-13,19H2;2-6,14,16-18,20,31H,7-13,19H2,1H3. The summed E-state index contributed by atoms with van der Waals surface area (Å²) in [5, 5.41) is 49.3. The van der Waals surface area contributed by atoms with E-state index in [2.05, 4.69) is 174 Å². The number of piperazine rings is 3. The molecule has 2 N–H and O–H groups in total. The largest absolute Gasteiger partial charge is 0.481 e. The zero-order valence-corrected chi connectivity index (χ0v) is 65.5. The average molecular weight is 1550 g/mol. The third-order valence-electron chi connectivity index (χ3n) is 22.7. The normalized spacial score (nSPS) is 16.5. The van der Waals surface area contributed by atoms with Crippen LogP contribution in [0, 0.1) is 45.6 Å². The lowest BCUT2D eigenvalue weighted by Crippen LogP contribution is -2.46. The van der Waals surface area contributed by atoms with Crippen molar-refractivity contribution in [2.24, 2.45) is 0 Å². The fourth-order valence-electron chi connectivity index (χ4n) is 16.1. The van der Waals surface area contributed by atoms with E-state index in [9.17, 15) is 24.6 Å². The lowest BCUT2D eigenvalue weighted by molar-refractivity contribution is 0.242. The van der Waals surface area contributed by atoms with E-state index in [-0.39, 0.29) is 12.1 Å². The topological polar surface area (TPSA) is 253 Å². The van der Waals surface area contributed by atoms with Gasteiger partial charge in [0, 0.05) is 225 Å². The molecule has 0 saturated carbocycles. The van der Waals surface area contributed by atoms with Gasteiger partial charge >= 0.3 is 0 Å². The van der Waals surface area contributed by atoms with Gasteiger partial charge in [0.25, 0.3) is 0 Å². The first-order chi connectivity index (χ1) is 57.0. The van der Waals surface area contributed by atoms with E-state index in [0.717, 1.165) is 215 Å². The molecule has 6 aliphatic heterocycles. The molecule has 6 aliphatic rings. The van der Waals surface area contributed by atoms with Crippen LogP contribution in [0.15, 0.2) is 183 Å². The number of hydrogen-bond acceptors (Lipinski definition) is 22. The first-order valence-electron chi connectivity index (χ1n) is 39.7. The summed E-state index contributed by atoms with van der Waals surface area (Å²) >= 11 is 0. The SMILES string of the molecule is CCN1CC=C(c2cc(-c3ccc(N4CCN(Cc5ccc(OC)nc5)CC4)nc3)c3c(C#N)cnn3c2)CC1.COc1ccc(CN2CCN(c3ccc(-c4cc(C5=CCNCC5)cn5ncc(C#N)c45)cn3)CC2)cn1.N#Cc1cnn2cc(C3=CCNCC3)cc(-c3ccc(N4CCN(Cc5c(F)cccc5F)CC4)nc3)c12. The van der Waals surface area contributed by atoms with Gasteiger partial charge in [-0.15, -0.1) is 0 Å². The number of fused-ring (bicyclic) bond motifs is 3. The smallest absolute Gasteiger partial charge is 0.212 e. The number of anilines is 3. The van der Waals surface area contributed by atoms with Crippen LogP contribution >= 0.6 is 0 Å². The molecule has 0 atom stereocenters. The predicted octanol–water partition coefficient (Wildman–Crippen LogP) is 11.7. The number of rotatable bonds is 18. The van der Waals surface area contributed by atoms with Crippen LogP contribution in [-0.2, 0) is 19.6 Å². The van der Waals surface area contributed by atoms with Crippen LogP contribution in [0.25, 0.3) is 66.7 Å². The van der Waals surface area contributed by atoms with E-state index in [4.69, 9.17) is 24.4 Å². The van der Waals surface area contributed by atoms with Crippen molar-refractivity contribution in [1.29, 1.82) is 15.8 Å². The van der Waals surface area contributed by atoms with Gasteiger partial charge in [0.1, 0.15) is 47.3 Å². The minimum absolute atomic E-state index is 0.119. The summed E-state index contributed by atoms with van der Waals surface area (Å²) in [6.07, 6.45) is 30.1. The molecule has 17 heterocycles.